The lowest BCUT2D eigenvalue weighted by molar-refractivity contribution is 0.306. The minimum Gasteiger partial charge on any atom is -0.496 e. The summed E-state index contributed by atoms with van der Waals surface area (Å²) >= 11 is 0. The highest BCUT2D eigenvalue weighted by molar-refractivity contribution is 5.89. The molecule has 210 valence electrons. The second kappa shape index (κ2) is 11.2. The van der Waals surface area contributed by atoms with E-state index in [1.807, 2.05) is 85.7 Å². The van der Waals surface area contributed by atoms with E-state index < -0.39 is 0 Å². The third-order valence-electron chi connectivity index (χ3n) is 7.06. The fraction of sp³-hybridized carbons (Fsp3) is 0.147. The van der Waals surface area contributed by atoms with Crippen LogP contribution in [0, 0.1) is 6.92 Å². The van der Waals surface area contributed by atoms with Gasteiger partial charge in [-0.3, -0.25) is 4.79 Å². The third kappa shape index (κ3) is 5.22. The molecule has 0 bridgehead atoms. The summed E-state index contributed by atoms with van der Waals surface area (Å²) in [5.41, 5.74) is 4.79. The number of hydrogen-bond donors (Lipinski definition) is 0. The Morgan fingerprint density at radius 2 is 1.74 bits per heavy atom. The number of aromatic nitrogens is 2. The largest absolute Gasteiger partial charge is 0.496 e. The second-order valence-electron chi connectivity index (χ2n) is 10.2. The van der Waals surface area contributed by atoms with E-state index in [0.717, 1.165) is 16.6 Å². The van der Waals surface area contributed by atoms with Crippen molar-refractivity contribution in [1.82, 2.24) is 9.66 Å². The van der Waals surface area contributed by atoms with Crippen LogP contribution in [-0.2, 0) is 6.61 Å². The lowest BCUT2D eigenvalue weighted by Crippen LogP contribution is -2.20. The first-order chi connectivity index (χ1) is 20.4. The maximum Gasteiger partial charge on any atom is 0.282 e. The van der Waals surface area contributed by atoms with Crippen molar-refractivity contribution in [1.29, 1.82) is 0 Å². The van der Waals surface area contributed by atoms with Crippen LogP contribution >= 0.6 is 0 Å². The van der Waals surface area contributed by atoms with Crippen LogP contribution in [0.2, 0.25) is 0 Å². The lowest BCUT2D eigenvalue weighted by Gasteiger charge is -2.16. The minimum absolute atomic E-state index is 0.278. The number of rotatable bonds is 8. The molecule has 0 unspecified atom stereocenters. The average molecular weight is 559 g/mol. The zero-order chi connectivity index (χ0) is 29.2. The van der Waals surface area contributed by atoms with Crippen molar-refractivity contribution in [3.05, 3.63) is 118 Å². The first-order valence-corrected chi connectivity index (χ1v) is 13.5. The Balaban J connectivity index is 1.45. The minimum atomic E-state index is -0.314. The molecule has 0 atom stereocenters. The molecule has 8 heteroatoms. The molecule has 2 aromatic heterocycles. The van der Waals surface area contributed by atoms with Gasteiger partial charge in [-0.15, -0.1) is 0 Å². The van der Waals surface area contributed by atoms with E-state index in [-0.39, 0.29) is 11.4 Å². The standard InChI is InChI=1S/C34H30N4O4/c1-22-12-14-23(15-13-22)21-41-31-18-25(37(2)3)17-16-24(31)20-35-38-33(36-28-9-6-5-8-26(28)34(38)39)32-19-27-29(40-4)10-7-11-30(27)42-32/h5-20H,21H2,1-4H3. The van der Waals surface area contributed by atoms with E-state index in [4.69, 9.17) is 18.9 Å². The highest BCUT2D eigenvalue weighted by Gasteiger charge is 2.18. The molecule has 0 spiro atoms. The van der Waals surface area contributed by atoms with Gasteiger partial charge in [-0.1, -0.05) is 48.0 Å². The Morgan fingerprint density at radius 3 is 2.52 bits per heavy atom. The molecule has 0 N–H and O–H groups in total. The Morgan fingerprint density at radius 1 is 0.929 bits per heavy atom. The molecule has 0 saturated carbocycles. The van der Waals surface area contributed by atoms with Gasteiger partial charge in [0, 0.05) is 31.4 Å². The van der Waals surface area contributed by atoms with Crippen molar-refractivity contribution in [3.63, 3.8) is 0 Å². The molecule has 0 radical (unpaired) electrons. The molecule has 42 heavy (non-hydrogen) atoms. The fourth-order valence-corrected chi connectivity index (χ4v) is 4.71. The number of anilines is 1. The molecule has 4 aromatic carbocycles. The number of methoxy groups -OCH3 is 1. The second-order valence-corrected chi connectivity index (χ2v) is 10.2. The summed E-state index contributed by atoms with van der Waals surface area (Å²) in [4.78, 5) is 20.5. The van der Waals surface area contributed by atoms with E-state index in [1.165, 1.54) is 10.2 Å². The smallest absolute Gasteiger partial charge is 0.282 e. The van der Waals surface area contributed by atoms with Crippen LogP contribution in [0.25, 0.3) is 33.5 Å². The van der Waals surface area contributed by atoms with Gasteiger partial charge in [-0.25, -0.2) is 4.98 Å². The van der Waals surface area contributed by atoms with E-state index in [1.54, 1.807) is 25.5 Å². The van der Waals surface area contributed by atoms with Gasteiger partial charge >= 0.3 is 0 Å². The number of nitrogens with zero attached hydrogens (tertiary/aromatic N) is 4. The number of para-hydroxylation sites is 1. The number of furan rings is 1. The van der Waals surface area contributed by atoms with Crippen LogP contribution in [0.5, 0.6) is 11.5 Å². The zero-order valence-corrected chi connectivity index (χ0v) is 23.9. The van der Waals surface area contributed by atoms with Gasteiger partial charge in [0.1, 0.15) is 23.7 Å². The Bertz CT molecular complexity index is 1990. The van der Waals surface area contributed by atoms with Crippen LogP contribution in [0.1, 0.15) is 16.7 Å². The average Bonchev–Trinajstić information content (AvgIpc) is 3.45. The summed E-state index contributed by atoms with van der Waals surface area (Å²) < 4.78 is 19.2. The summed E-state index contributed by atoms with van der Waals surface area (Å²) in [6, 6.07) is 28.7. The summed E-state index contributed by atoms with van der Waals surface area (Å²) in [5.74, 6) is 1.98. The maximum absolute atomic E-state index is 13.8. The summed E-state index contributed by atoms with van der Waals surface area (Å²) in [6.45, 7) is 2.45. The van der Waals surface area contributed by atoms with Crippen LogP contribution in [-0.4, -0.2) is 37.1 Å². The van der Waals surface area contributed by atoms with Gasteiger partial charge in [0.2, 0.25) is 5.82 Å². The molecule has 0 aliphatic heterocycles. The van der Waals surface area contributed by atoms with Crippen LogP contribution in [0.4, 0.5) is 5.69 Å². The molecule has 0 fully saturated rings. The van der Waals surface area contributed by atoms with Crippen molar-refractivity contribution in [3.8, 4) is 23.1 Å². The first kappa shape index (κ1) is 26.8. The van der Waals surface area contributed by atoms with Gasteiger partial charge in [0.15, 0.2) is 5.76 Å². The lowest BCUT2D eigenvalue weighted by atomic mass is 10.1. The van der Waals surface area contributed by atoms with Gasteiger partial charge in [0.05, 0.1) is 29.6 Å². The quantitative estimate of drug-likeness (QED) is 0.195. The Kier molecular flexibility index (Phi) is 7.19. The molecular weight excluding hydrogens is 528 g/mol. The highest BCUT2D eigenvalue weighted by Crippen LogP contribution is 2.33. The van der Waals surface area contributed by atoms with Crippen molar-refractivity contribution in [2.45, 2.75) is 13.5 Å². The molecule has 2 heterocycles. The predicted molar refractivity (Wildman–Crippen MR) is 167 cm³/mol. The number of hydrogen-bond acceptors (Lipinski definition) is 7. The molecule has 0 aliphatic carbocycles. The number of ether oxygens (including phenoxy) is 2. The number of aryl methyl sites for hydroxylation is 1. The number of fused-ring (bicyclic) bond motifs is 2. The molecule has 8 nitrogen and oxygen atoms in total. The summed E-state index contributed by atoms with van der Waals surface area (Å²) in [6.07, 6.45) is 1.62. The fourth-order valence-electron chi connectivity index (χ4n) is 4.71. The van der Waals surface area contributed by atoms with Crippen molar-refractivity contribution < 1.29 is 13.9 Å². The van der Waals surface area contributed by atoms with Crippen molar-refractivity contribution in [2.75, 3.05) is 26.1 Å². The van der Waals surface area contributed by atoms with Crippen molar-refractivity contribution >= 4 is 33.8 Å². The molecular formula is C34H30N4O4. The van der Waals surface area contributed by atoms with Crippen LogP contribution < -0.4 is 19.9 Å². The normalized spacial score (nSPS) is 11.4. The van der Waals surface area contributed by atoms with Gasteiger partial charge in [0.25, 0.3) is 5.56 Å². The molecule has 6 aromatic rings. The Hall–Kier alpha value is -5.37. The van der Waals surface area contributed by atoms with E-state index in [2.05, 4.69) is 24.2 Å². The monoisotopic (exact) mass is 558 g/mol. The first-order valence-electron chi connectivity index (χ1n) is 13.5. The van der Waals surface area contributed by atoms with Gasteiger partial charge < -0.3 is 18.8 Å². The molecule has 0 amide bonds. The molecule has 0 aliphatic rings. The van der Waals surface area contributed by atoms with Gasteiger partial charge in [-0.2, -0.15) is 9.78 Å². The number of benzene rings is 4. The third-order valence-corrected chi connectivity index (χ3v) is 7.06. The highest BCUT2D eigenvalue weighted by atomic mass is 16.5. The SMILES string of the molecule is COc1cccc2oc(-c3nc4ccccc4c(=O)n3N=Cc3ccc(N(C)C)cc3OCc3ccc(C)cc3)cc12. The predicted octanol–water partition coefficient (Wildman–Crippen LogP) is 6.65. The van der Waals surface area contributed by atoms with Gasteiger partial charge in [-0.05, 0) is 55.0 Å². The van der Waals surface area contributed by atoms with E-state index >= 15 is 0 Å². The molecule has 0 saturated heterocycles. The molecule has 6 rings (SSSR count). The van der Waals surface area contributed by atoms with E-state index in [9.17, 15) is 4.79 Å². The van der Waals surface area contributed by atoms with E-state index in [0.29, 0.717) is 45.9 Å². The zero-order valence-electron chi connectivity index (χ0n) is 23.9. The van der Waals surface area contributed by atoms with Crippen LogP contribution in [0.15, 0.2) is 105 Å². The Labute approximate surface area is 243 Å². The topological polar surface area (TPSA) is 82.1 Å². The maximum atomic E-state index is 13.8. The summed E-state index contributed by atoms with van der Waals surface area (Å²) in [5, 5.41) is 5.88. The van der Waals surface area contributed by atoms with Crippen molar-refractivity contribution in [2.24, 2.45) is 5.10 Å². The summed E-state index contributed by atoms with van der Waals surface area (Å²) in [7, 11) is 5.56. The van der Waals surface area contributed by atoms with Crippen LogP contribution in [0.3, 0.4) is 0 Å².